The zero-order valence-electron chi connectivity index (χ0n) is 16.4. The number of benzene rings is 1. The van der Waals surface area contributed by atoms with E-state index in [2.05, 4.69) is 15.0 Å². The van der Waals surface area contributed by atoms with E-state index in [1.165, 1.54) is 6.20 Å². The summed E-state index contributed by atoms with van der Waals surface area (Å²) in [7, 11) is -2.64. The van der Waals surface area contributed by atoms with Gasteiger partial charge in [0.15, 0.2) is 5.13 Å². The summed E-state index contributed by atoms with van der Waals surface area (Å²) in [6.07, 6.45) is 1.08. The van der Waals surface area contributed by atoms with Gasteiger partial charge in [-0.1, -0.05) is 11.6 Å². The van der Waals surface area contributed by atoms with Crippen molar-refractivity contribution >= 4 is 49.7 Å². The normalized spacial score (nSPS) is 21.8. The molecule has 1 heterocycles. The Labute approximate surface area is 187 Å². The van der Waals surface area contributed by atoms with Crippen molar-refractivity contribution in [2.75, 3.05) is 23.6 Å². The molecule has 1 aliphatic carbocycles. The average molecular weight is 495 g/mol. The fourth-order valence-electron chi connectivity index (χ4n) is 3.61. The lowest BCUT2D eigenvalue weighted by Crippen LogP contribution is -2.50. The van der Waals surface area contributed by atoms with E-state index in [1.807, 2.05) is 0 Å². The summed E-state index contributed by atoms with van der Waals surface area (Å²) < 4.78 is 55.9. The molecule has 0 bridgehead atoms. The summed E-state index contributed by atoms with van der Waals surface area (Å²) in [5.74, 6) is -2.06. The lowest BCUT2D eigenvalue weighted by atomic mass is 9.88. The van der Waals surface area contributed by atoms with Crippen molar-refractivity contribution in [3.63, 3.8) is 0 Å². The van der Waals surface area contributed by atoms with E-state index in [9.17, 15) is 22.0 Å². The molecule has 8 nitrogen and oxygen atoms in total. The molecule has 0 amide bonds. The van der Waals surface area contributed by atoms with Crippen molar-refractivity contribution in [3.8, 4) is 0 Å². The molecule has 0 aliphatic heterocycles. The first kappa shape index (κ1) is 23.6. The Morgan fingerprint density at radius 1 is 1.42 bits per heavy atom. The molecule has 1 aromatic carbocycles. The number of rotatable bonds is 8. The fourth-order valence-corrected chi connectivity index (χ4v) is 5.76. The van der Waals surface area contributed by atoms with Crippen LogP contribution in [0.1, 0.15) is 19.3 Å². The number of sulfonamides is 1. The van der Waals surface area contributed by atoms with Crippen LogP contribution in [0.25, 0.3) is 0 Å². The summed E-state index contributed by atoms with van der Waals surface area (Å²) >= 11 is 7.26. The number of hydrogen-bond donors (Lipinski definition) is 3. The molecule has 13 heteroatoms. The Bertz CT molecular complexity index is 1040. The van der Waals surface area contributed by atoms with Gasteiger partial charge in [0, 0.05) is 30.1 Å². The number of nitrogens with zero attached hydrogens (tertiary/aromatic N) is 2. The van der Waals surface area contributed by atoms with Gasteiger partial charge in [-0.05, 0) is 32.0 Å². The summed E-state index contributed by atoms with van der Waals surface area (Å²) in [4.78, 5) is 15.8. The Balaban J connectivity index is 1.84. The number of anilines is 2. The molecule has 3 atom stereocenters. The third kappa shape index (κ3) is 5.82. The maximum atomic E-state index is 14.7. The number of carboxylic acids is 1. The van der Waals surface area contributed by atoms with Gasteiger partial charge >= 0.3 is 5.97 Å². The number of aromatic nitrogens is 1. The highest BCUT2D eigenvalue weighted by Crippen LogP contribution is 2.33. The van der Waals surface area contributed by atoms with Gasteiger partial charge < -0.3 is 10.4 Å². The molecule has 31 heavy (non-hydrogen) atoms. The number of likely N-dealkylation sites (N-methyl/N-ethyl adjacent to an activating group) is 1. The standard InChI is InChI=1S/C18H21ClF2N4O4S2/c1-25(9-17(26)27)15-3-2-10(20)6-14(15)23-13-8-12(21)16(7-11(13)19)31(28,29)24-18-22-4-5-30-18/h4-5,7-8,10,14-15,23H,2-3,6,9H2,1H3,(H,22,24)(H,26,27)/t10?,14-,15-/m0/s1. The van der Waals surface area contributed by atoms with Crippen LogP contribution in [0.2, 0.25) is 5.02 Å². The highest BCUT2D eigenvalue weighted by molar-refractivity contribution is 7.93. The second-order valence-corrected chi connectivity index (χ2v) is 10.2. The van der Waals surface area contributed by atoms with Crippen LogP contribution < -0.4 is 10.0 Å². The van der Waals surface area contributed by atoms with Crippen molar-refractivity contribution in [1.82, 2.24) is 9.88 Å². The molecule has 0 radical (unpaired) electrons. The predicted molar refractivity (Wildman–Crippen MR) is 115 cm³/mol. The van der Waals surface area contributed by atoms with Gasteiger partial charge in [0.05, 0.1) is 17.3 Å². The van der Waals surface area contributed by atoms with Crippen molar-refractivity contribution in [2.24, 2.45) is 0 Å². The van der Waals surface area contributed by atoms with E-state index < -0.39 is 38.9 Å². The van der Waals surface area contributed by atoms with Crippen molar-refractivity contribution < 1.29 is 27.1 Å². The molecule has 1 unspecified atom stereocenters. The molecule has 0 saturated heterocycles. The molecule has 170 valence electrons. The molecular formula is C18H21ClF2N4O4S2. The Kier molecular flexibility index (Phi) is 7.35. The van der Waals surface area contributed by atoms with Gasteiger partial charge in [-0.3, -0.25) is 14.4 Å². The fraction of sp³-hybridized carbons (Fsp3) is 0.444. The average Bonchev–Trinajstić information content (AvgIpc) is 3.16. The van der Waals surface area contributed by atoms with Crippen LogP contribution in [0.15, 0.2) is 28.6 Å². The Hall–Kier alpha value is -2.02. The highest BCUT2D eigenvalue weighted by Gasteiger charge is 2.34. The van der Waals surface area contributed by atoms with Crippen LogP contribution in [0.3, 0.4) is 0 Å². The van der Waals surface area contributed by atoms with E-state index in [-0.39, 0.29) is 41.3 Å². The zero-order chi connectivity index (χ0) is 22.8. The van der Waals surface area contributed by atoms with Gasteiger partial charge in [-0.15, -0.1) is 11.3 Å². The van der Waals surface area contributed by atoms with Gasteiger partial charge in [0.2, 0.25) is 0 Å². The minimum atomic E-state index is -4.26. The minimum Gasteiger partial charge on any atom is -0.480 e. The molecule has 1 fully saturated rings. The third-order valence-electron chi connectivity index (χ3n) is 5.01. The molecule has 1 aromatic heterocycles. The zero-order valence-corrected chi connectivity index (χ0v) is 18.8. The predicted octanol–water partition coefficient (Wildman–Crippen LogP) is 3.42. The first-order valence-corrected chi connectivity index (χ1v) is 12.0. The smallest absolute Gasteiger partial charge is 0.317 e. The third-order valence-corrected chi connectivity index (χ3v) is 7.49. The first-order valence-electron chi connectivity index (χ1n) is 9.31. The molecule has 2 aromatic rings. The maximum Gasteiger partial charge on any atom is 0.317 e. The molecular weight excluding hydrogens is 474 g/mol. The Morgan fingerprint density at radius 3 is 2.81 bits per heavy atom. The number of aliphatic carboxylic acids is 1. The van der Waals surface area contributed by atoms with Crippen molar-refractivity contribution in [1.29, 1.82) is 0 Å². The van der Waals surface area contributed by atoms with E-state index in [0.29, 0.717) is 6.42 Å². The van der Waals surface area contributed by atoms with Crippen LogP contribution in [0.4, 0.5) is 19.6 Å². The van der Waals surface area contributed by atoms with Crippen LogP contribution >= 0.6 is 22.9 Å². The van der Waals surface area contributed by atoms with Crippen molar-refractivity contribution in [3.05, 3.63) is 34.5 Å². The number of hydrogen-bond acceptors (Lipinski definition) is 7. The number of halogens is 3. The maximum absolute atomic E-state index is 14.7. The summed E-state index contributed by atoms with van der Waals surface area (Å²) in [5.41, 5.74) is 0.0974. The van der Waals surface area contributed by atoms with Gasteiger partial charge in [0.25, 0.3) is 10.0 Å². The van der Waals surface area contributed by atoms with Crippen molar-refractivity contribution in [2.45, 2.75) is 42.4 Å². The number of alkyl halides is 1. The molecule has 1 aliphatic rings. The monoisotopic (exact) mass is 494 g/mol. The van der Waals surface area contributed by atoms with Gasteiger partial charge in [-0.25, -0.2) is 22.2 Å². The van der Waals surface area contributed by atoms with Crippen LogP contribution in [0, 0.1) is 5.82 Å². The summed E-state index contributed by atoms with van der Waals surface area (Å²) in [6.45, 7) is -0.235. The van der Waals surface area contributed by atoms with Crippen LogP contribution in [-0.4, -0.2) is 61.2 Å². The molecule has 3 rings (SSSR count). The van der Waals surface area contributed by atoms with Gasteiger partial charge in [0.1, 0.15) is 16.9 Å². The topological polar surface area (TPSA) is 112 Å². The number of carboxylic acid groups (broad SMARTS) is 1. The highest BCUT2D eigenvalue weighted by atomic mass is 35.5. The molecule has 0 spiro atoms. The van der Waals surface area contributed by atoms with E-state index in [0.717, 1.165) is 23.5 Å². The van der Waals surface area contributed by atoms with E-state index in [1.54, 1.807) is 17.3 Å². The first-order chi connectivity index (χ1) is 14.6. The quantitative estimate of drug-likeness (QED) is 0.515. The minimum absolute atomic E-state index is 0.0680. The van der Waals surface area contributed by atoms with E-state index >= 15 is 0 Å². The Morgan fingerprint density at radius 2 is 2.16 bits per heavy atom. The van der Waals surface area contributed by atoms with Crippen LogP contribution in [0.5, 0.6) is 0 Å². The lowest BCUT2D eigenvalue weighted by Gasteiger charge is -2.39. The molecule has 1 saturated carbocycles. The number of nitrogens with one attached hydrogen (secondary N) is 2. The van der Waals surface area contributed by atoms with Crippen LogP contribution in [-0.2, 0) is 14.8 Å². The SMILES string of the molecule is CN(CC(=O)O)[C@H]1CCC(F)C[C@@H]1Nc1cc(F)c(S(=O)(=O)Nc2nccs2)cc1Cl. The second-order valence-electron chi connectivity index (χ2n) is 7.24. The summed E-state index contributed by atoms with van der Waals surface area (Å²) in [6, 6.07) is 1.05. The number of thiazole rings is 1. The molecule has 3 N–H and O–H groups in total. The van der Waals surface area contributed by atoms with Gasteiger partial charge in [-0.2, -0.15) is 0 Å². The largest absolute Gasteiger partial charge is 0.480 e. The second kappa shape index (κ2) is 9.63. The van der Waals surface area contributed by atoms with E-state index in [4.69, 9.17) is 16.7 Å². The number of carbonyl (C=O) groups is 1. The summed E-state index contributed by atoms with van der Waals surface area (Å²) in [5, 5.41) is 13.6. The lowest BCUT2D eigenvalue weighted by molar-refractivity contribution is -0.138.